The molecule has 2 aromatic rings. The molecule has 1 N–H and O–H groups in total. The van der Waals surface area contributed by atoms with Crippen molar-refractivity contribution >= 4 is 11.9 Å². The summed E-state index contributed by atoms with van der Waals surface area (Å²) >= 11 is 0. The smallest absolute Gasteiger partial charge is 0.170 e. The number of phenols is 1. The molecule has 150 valence electrons. The molecule has 0 unspecified atom stereocenters. The van der Waals surface area contributed by atoms with Crippen molar-refractivity contribution in [1.82, 2.24) is 0 Å². The number of allylic oxidation sites excluding steroid dienone is 2. The van der Waals surface area contributed by atoms with E-state index in [1.54, 1.807) is 30.3 Å². The van der Waals surface area contributed by atoms with Crippen LogP contribution >= 0.6 is 0 Å². The van der Waals surface area contributed by atoms with Gasteiger partial charge in [0, 0.05) is 0 Å². The van der Waals surface area contributed by atoms with Crippen LogP contribution < -0.4 is 9.47 Å². The fraction of sp³-hybridized carbons (Fsp3) is 0.320. The number of carbonyl (C=O) groups is 1. The molecule has 29 heavy (non-hydrogen) atoms. The van der Waals surface area contributed by atoms with Gasteiger partial charge in [0.1, 0.15) is 29.0 Å². The van der Waals surface area contributed by atoms with Crippen molar-refractivity contribution in [1.29, 1.82) is 0 Å². The molecule has 0 amide bonds. The van der Waals surface area contributed by atoms with E-state index in [0.717, 1.165) is 29.7 Å². The number of carbonyl (C=O) groups excluding carboxylic acids is 1. The minimum atomic E-state index is -0.387. The molecule has 0 radical (unpaired) electrons. The van der Waals surface area contributed by atoms with Gasteiger partial charge in [-0.1, -0.05) is 23.8 Å². The summed E-state index contributed by atoms with van der Waals surface area (Å²) < 4.78 is 12.6. The second-order valence-electron chi connectivity index (χ2n) is 8.25. The third-order valence-electron chi connectivity index (χ3n) is 5.49. The molecule has 2 heterocycles. The van der Waals surface area contributed by atoms with Gasteiger partial charge in [-0.3, -0.25) is 4.79 Å². The van der Waals surface area contributed by atoms with Gasteiger partial charge in [0.2, 0.25) is 0 Å². The van der Waals surface area contributed by atoms with Crippen molar-refractivity contribution < 1.29 is 19.4 Å². The van der Waals surface area contributed by atoms with Gasteiger partial charge in [-0.25, -0.2) is 0 Å². The Kier molecular flexibility index (Phi) is 4.95. The fourth-order valence-corrected chi connectivity index (χ4v) is 3.84. The molecule has 0 fully saturated rings. The summed E-state index contributed by atoms with van der Waals surface area (Å²) in [5, 5.41) is 9.53. The number of ether oxygens (including phenoxy) is 2. The van der Waals surface area contributed by atoms with Gasteiger partial charge in [-0.2, -0.15) is 0 Å². The summed E-state index contributed by atoms with van der Waals surface area (Å²) in [6.07, 6.45) is 8.03. The number of ketones is 1. The molecular formula is C25H26O4. The Hall–Kier alpha value is -3.01. The van der Waals surface area contributed by atoms with Gasteiger partial charge in [0.25, 0.3) is 0 Å². The Morgan fingerprint density at radius 1 is 1.21 bits per heavy atom. The number of phenolic OH excluding ortho intramolecular Hbond substituents is 1. The zero-order valence-corrected chi connectivity index (χ0v) is 17.1. The summed E-state index contributed by atoms with van der Waals surface area (Å²) in [6, 6.07) is 10.5. The molecule has 0 bridgehead atoms. The average Bonchev–Trinajstić information content (AvgIpc) is 2.67. The lowest BCUT2D eigenvalue weighted by Gasteiger charge is -2.34. The molecule has 0 spiro atoms. The number of aromatic hydroxyl groups is 1. The van der Waals surface area contributed by atoms with E-state index in [9.17, 15) is 9.90 Å². The number of rotatable bonds is 4. The van der Waals surface area contributed by atoms with Crippen molar-refractivity contribution in [3.05, 3.63) is 70.8 Å². The molecule has 2 atom stereocenters. The SMILES string of the molecule is CC(C)=CCC[C@]1(C)C=Cc2c(ccc3c2O[C@H](c2ccc(O)cc2)CC3=O)O1. The second-order valence-corrected chi connectivity index (χ2v) is 8.25. The summed E-state index contributed by atoms with van der Waals surface area (Å²) in [5.74, 6) is 1.57. The van der Waals surface area contributed by atoms with Crippen LogP contribution in [0.4, 0.5) is 0 Å². The van der Waals surface area contributed by atoms with Crippen LogP contribution in [0.15, 0.2) is 54.1 Å². The van der Waals surface area contributed by atoms with Gasteiger partial charge in [-0.05, 0) is 75.6 Å². The monoisotopic (exact) mass is 390 g/mol. The molecule has 2 aromatic carbocycles. The molecule has 0 saturated heterocycles. The minimum absolute atomic E-state index is 0.0532. The zero-order chi connectivity index (χ0) is 20.6. The minimum Gasteiger partial charge on any atom is -0.508 e. The predicted octanol–water partition coefficient (Wildman–Crippen LogP) is 6.01. The molecule has 4 heteroatoms. The molecular weight excluding hydrogens is 364 g/mol. The number of fused-ring (bicyclic) bond motifs is 3. The van der Waals surface area contributed by atoms with Crippen LogP contribution in [0.1, 0.15) is 67.6 Å². The third kappa shape index (κ3) is 3.93. The van der Waals surface area contributed by atoms with Crippen molar-refractivity contribution in [2.24, 2.45) is 0 Å². The van der Waals surface area contributed by atoms with E-state index in [2.05, 4.69) is 32.9 Å². The van der Waals surface area contributed by atoms with Crippen LogP contribution in [0.25, 0.3) is 6.08 Å². The van der Waals surface area contributed by atoms with E-state index in [0.29, 0.717) is 11.3 Å². The highest BCUT2D eigenvalue weighted by Gasteiger charge is 2.34. The normalized spacial score (nSPS) is 22.2. The highest BCUT2D eigenvalue weighted by Crippen LogP contribution is 2.45. The molecule has 0 aromatic heterocycles. The topological polar surface area (TPSA) is 55.8 Å². The average molecular weight is 390 g/mol. The first-order valence-corrected chi connectivity index (χ1v) is 10.0. The van der Waals surface area contributed by atoms with E-state index in [4.69, 9.17) is 9.47 Å². The molecule has 2 aliphatic heterocycles. The lowest BCUT2D eigenvalue weighted by atomic mass is 9.90. The lowest BCUT2D eigenvalue weighted by Crippen LogP contribution is -2.32. The highest BCUT2D eigenvalue weighted by atomic mass is 16.5. The van der Waals surface area contributed by atoms with Crippen molar-refractivity contribution in [2.45, 2.75) is 51.7 Å². The fourth-order valence-electron chi connectivity index (χ4n) is 3.84. The van der Waals surface area contributed by atoms with Gasteiger partial charge >= 0.3 is 0 Å². The van der Waals surface area contributed by atoms with Gasteiger partial charge in [-0.15, -0.1) is 0 Å². The highest BCUT2D eigenvalue weighted by molar-refractivity contribution is 6.01. The third-order valence-corrected chi connectivity index (χ3v) is 5.49. The quantitative estimate of drug-likeness (QED) is 0.650. The van der Waals surface area contributed by atoms with Crippen LogP contribution in [0.3, 0.4) is 0 Å². The Balaban J connectivity index is 1.63. The van der Waals surface area contributed by atoms with Crippen LogP contribution in [0.5, 0.6) is 17.2 Å². The van der Waals surface area contributed by atoms with Crippen molar-refractivity contribution in [2.75, 3.05) is 0 Å². The standard InChI is InChI=1S/C25H26O4/c1-16(2)5-4-13-25(3)14-12-20-22(29-25)11-10-19-21(27)15-23(28-24(19)20)17-6-8-18(26)9-7-17/h5-12,14,23,26H,4,13,15H2,1-3H3/t23-,25+/m0/s1. The maximum atomic E-state index is 12.8. The van der Waals surface area contributed by atoms with Crippen LogP contribution in [-0.2, 0) is 0 Å². The maximum Gasteiger partial charge on any atom is 0.170 e. The first-order chi connectivity index (χ1) is 13.8. The number of hydrogen-bond donors (Lipinski definition) is 1. The molecule has 0 aliphatic carbocycles. The van der Waals surface area contributed by atoms with Crippen LogP contribution in [-0.4, -0.2) is 16.5 Å². The number of benzene rings is 2. The van der Waals surface area contributed by atoms with E-state index in [1.807, 2.05) is 12.1 Å². The summed E-state index contributed by atoms with van der Waals surface area (Å²) in [4.78, 5) is 12.8. The first-order valence-electron chi connectivity index (χ1n) is 10.0. The maximum absolute atomic E-state index is 12.8. The van der Waals surface area contributed by atoms with Crippen LogP contribution in [0.2, 0.25) is 0 Å². The van der Waals surface area contributed by atoms with E-state index >= 15 is 0 Å². The van der Waals surface area contributed by atoms with E-state index in [-0.39, 0.29) is 29.7 Å². The molecule has 4 rings (SSSR count). The van der Waals surface area contributed by atoms with Crippen molar-refractivity contribution in [3.63, 3.8) is 0 Å². The largest absolute Gasteiger partial charge is 0.508 e. The predicted molar refractivity (Wildman–Crippen MR) is 114 cm³/mol. The van der Waals surface area contributed by atoms with Gasteiger partial charge in [0.15, 0.2) is 5.78 Å². The summed E-state index contributed by atoms with van der Waals surface area (Å²) in [5.41, 5.74) is 3.20. The Morgan fingerprint density at radius 3 is 2.69 bits per heavy atom. The Bertz CT molecular complexity index is 996. The number of hydrogen-bond acceptors (Lipinski definition) is 4. The van der Waals surface area contributed by atoms with E-state index < -0.39 is 0 Å². The molecule has 4 nitrogen and oxygen atoms in total. The van der Waals surface area contributed by atoms with Crippen LogP contribution in [0, 0.1) is 0 Å². The van der Waals surface area contributed by atoms with Gasteiger partial charge < -0.3 is 14.6 Å². The first kappa shape index (κ1) is 19.3. The van der Waals surface area contributed by atoms with Crippen molar-refractivity contribution in [3.8, 4) is 17.2 Å². The summed E-state index contributed by atoms with van der Waals surface area (Å²) in [7, 11) is 0. The zero-order valence-electron chi connectivity index (χ0n) is 17.1. The van der Waals surface area contributed by atoms with E-state index in [1.165, 1.54) is 5.57 Å². The molecule has 0 saturated carbocycles. The Morgan fingerprint density at radius 2 is 1.97 bits per heavy atom. The van der Waals surface area contributed by atoms with Gasteiger partial charge in [0.05, 0.1) is 17.5 Å². The lowest BCUT2D eigenvalue weighted by molar-refractivity contribution is 0.0844. The second kappa shape index (κ2) is 7.43. The Labute approximate surface area is 171 Å². The summed E-state index contributed by atoms with van der Waals surface area (Å²) in [6.45, 7) is 6.27. The number of Topliss-reactive ketones (excluding diaryl/α,β-unsaturated/α-hetero) is 1. The molecule has 2 aliphatic rings.